The molecule has 2 amide bonds. The van der Waals surface area contributed by atoms with Gasteiger partial charge in [0.2, 0.25) is 11.8 Å². The van der Waals surface area contributed by atoms with Gasteiger partial charge in [-0.15, -0.1) is 10.2 Å². The third-order valence-corrected chi connectivity index (χ3v) is 6.26. The first-order valence-corrected chi connectivity index (χ1v) is 12.2. The van der Waals surface area contributed by atoms with Crippen molar-refractivity contribution < 1.29 is 9.59 Å². The van der Waals surface area contributed by atoms with Gasteiger partial charge >= 0.3 is 0 Å². The van der Waals surface area contributed by atoms with Crippen molar-refractivity contribution in [1.82, 2.24) is 19.7 Å². The van der Waals surface area contributed by atoms with Crippen LogP contribution in [0.15, 0.2) is 79.4 Å². The molecule has 3 heterocycles. The molecule has 1 saturated heterocycles. The van der Waals surface area contributed by atoms with Gasteiger partial charge in [0.05, 0.1) is 6.33 Å². The number of nitrogens with zero attached hydrogens (tertiary/aromatic N) is 5. The monoisotopic (exact) mass is 496 g/mol. The molecule has 2 aromatic carbocycles. The van der Waals surface area contributed by atoms with E-state index in [2.05, 4.69) is 36.0 Å². The van der Waals surface area contributed by atoms with Crippen molar-refractivity contribution in [2.75, 3.05) is 33.9 Å². The van der Waals surface area contributed by atoms with E-state index in [-0.39, 0.29) is 17.7 Å². The number of nitrogens with one attached hydrogen (secondary N) is 3. The predicted molar refractivity (Wildman–Crippen MR) is 143 cm³/mol. The first-order valence-electron chi connectivity index (χ1n) is 12.2. The van der Waals surface area contributed by atoms with Crippen LogP contribution in [0.3, 0.4) is 0 Å². The van der Waals surface area contributed by atoms with E-state index >= 15 is 0 Å². The molecule has 4 aromatic rings. The van der Waals surface area contributed by atoms with Crippen LogP contribution >= 0.6 is 0 Å². The molecular formula is C27H28N8O2. The number of carbonyl (C=O) groups excluding carboxylic acids is 2. The van der Waals surface area contributed by atoms with E-state index in [9.17, 15) is 9.59 Å². The molecular weight excluding hydrogens is 468 g/mol. The molecule has 0 bridgehead atoms. The molecule has 1 aliphatic rings. The summed E-state index contributed by atoms with van der Waals surface area (Å²) in [5, 5.41) is 17.7. The number of hydrogen-bond donors (Lipinski definition) is 3. The van der Waals surface area contributed by atoms with Crippen molar-refractivity contribution in [1.29, 1.82) is 0 Å². The molecule has 3 N–H and O–H groups in total. The minimum atomic E-state index is -0.129. The number of hydrogen-bond acceptors (Lipinski definition) is 7. The molecule has 1 aliphatic heterocycles. The van der Waals surface area contributed by atoms with E-state index in [1.807, 2.05) is 47.2 Å². The SMILES string of the molecule is CC(=O)Nc1ccc(NC(=O)C2CCN(c3ccc(Nc4ccc(-n5ccnc5)cc4)nn3)CC2)cc1. The van der Waals surface area contributed by atoms with Crippen LogP contribution in [0.25, 0.3) is 5.69 Å². The van der Waals surface area contributed by atoms with E-state index in [0.717, 1.165) is 43.1 Å². The summed E-state index contributed by atoms with van der Waals surface area (Å²) in [7, 11) is 0. The lowest BCUT2D eigenvalue weighted by atomic mass is 9.96. The minimum absolute atomic E-state index is 0.0108. The molecule has 0 atom stereocenters. The number of anilines is 5. The van der Waals surface area contributed by atoms with Gasteiger partial charge in [-0.05, 0) is 73.5 Å². The number of piperidine rings is 1. The van der Waals surface area contributed by atoms with Gasteiger partial charge in [0, 0.05) is 61.1 Å². The Balaban J connectivity index is 1.10. The van der Waals surface area contributed by atoms with E-state index < -0.39 is 0 Å². The molecule has 1 fully saturated rings. The van der Waals surface area contributed by atoms with Crippen molar-refractivity contribution in [2.45, 2.75) is 19.8 Å². The Morgan fingerprint density at radius 2 is 1.51 bits per heavy atom. The van der Waals surface area contributed by atoms with Crippen LogP contribution < -0.4 is 20.9 Å². The van der Waals surface area contributed by atoms with Gasteiger partial charge in [-0.3, -0.25) is 9.59 Å². The number of imidazole rings is 1. The van der Waals surface area contributed by atoms with Crippen LogP contribution in [-0.2, 0) is 9.59 Å². The van der Waals surface area contributed by atoms with E-state index in [1.165, 1.54) is 6.92 Å². The lowest BCUT2D eigenvalue weighted by Gasteiger charge is -2.31. The number of rotatable bonds is 7. The van der Waals surface area contributed by atoms with Gasteiger partial charge in [0.15, 0.2) is 11.6 Å². The second-order valence-corrected chi connectivity index (χ2v) is 8.93. The quantitative estimate of drug-likeness (QED) is 0.351. The van der Waals surface area contributed by atoms with E-state index in [1.54, 1.807) is 36.8 Å². The topological polar surface area (TPSA) is 117 Å². The molecule has 0 radical (unpaired) electrons. The number of aromatic nitrogens is 4. The molecule has 0 unspecified atom stereocenters. The van der Waals surface area contributed by atoms with E-state index in [0.29, 0.717) is 17.2 Å². The van der Waals surface area contributed by atoms with Gasteiger partial charge in [-0.2, -0.15) is 0 Å². The summed E-state index contributed by atoms with van der Waals surface area (Å²) >= 11 is 0. The van der Waals surface area contributed by atoms with Crippen molar-refractivity contribution in [3.8, 4) is 5.69 Å². The summed E-state index contributed by atoms with van der Waals surface area (Å²) in [6.45, 7) is 2.93. The molecule has 5 rings (SSSR count). The van der Waals surface area contributed by atoms with Gasteiger partial charge in [-0.25, -0.2) is 4.98 Å². The fraction of sp³-hybridized carbons (Fsp3) is 0.222. The zero-order chi connectivity index (χ0) is 25.6. The Kier molecular flexibility index (Phi) is 7.07. The Bertz CT molecular complexity index is 1330. The minimum Gasteiger partial charge on any atom is -0.355 e. The maximum atomic E-state index is 12.7. The smallest absolute Gasteiger partial charge is 0.227 e. The summed E-state index contributed by atoms with van der Waals surface area (Å²) < 4.78 is 1.94. The Hall–Kier alpha value is -4.73. The van der Waals surface area contributed by atoms with Crippen LogP contribution in [0.4, 0.5) is 28.7 Å². The molecule has 10 heteroatoms. The lowest BCUT2D eigenvalue weighted by molar-refractivity contribution is -0.120. The van der Waals surface area contributed by atoms with Crippen LogP contribution in [-0.4, -0.2) is 44.7 Å². The second kappa shape index (κ2) is 10.9. The van der Waals surface area contributed by atoms with Crippen molar-refractivity contribution >= 4 is 40.5 Å². The highest BCUT2D eigenvalue weighted by atomic mass is 16.2. The molecule has 37 heavy (non-hydrogen) atoms. The lowest BCUT2D eigenvalue weighted by Crippen LogP contribution is -2.38. The Labute approximate surface area is 214 Å². The maximum Gasteiger partial charge on any atom is 0.227 e. The summed E-state index contributed by atoms with van der Waals surface area (Å²) in [4.78, 5) is 30.1. The molecule has 10 nitrogen and oxygen atoms in total. The van der Waals surface area contributed by atoms with Crippen molar-refractivity contribution in [2.24, 2.45) is 5.92 Å². The van der Waals surface area contributed by atoms with Crippen LogP contribution in [0.5, 0.6) is 0 Å². The largest absolute Gasteiger partial charge is 0.355 e. The van der Waals surface area contributed by atoms with Crippen LogP contribution in [0.1, 0.15) is 19.8 Å². The van der Waals surface area contributed by atoms with Crippen LogP contribution in [0, 0.1) is 5.92 Å². The van der Waals surface area contributed by atoms with Gasteiger partial charge in [0.25, 0.3) is 0 Å². The first-order chi connectivity index (χ1) is 18.0. The van der Waals surface area contributed by atoms with Crippen LogP contribution in [0.2, 0.25) is 0 Å². The highest BCUT2D eigenvalue weighted by Gasteiger charge is 2.26. The molecule has 188 valence electrons. The average molecular weight is 497 g/mol. The molecule has 0 saturated carbocycles. The van der Waals surface area contributed by atoms with Gasteiger partial charge in [0.1, 0.15) is 0 Å². The Morgan fingerprint density at radius 1 is 0.838 bits per heavy atom. The normalized spacial score (nSPS) is 13.7. The Morgan fingerprint density at radius 3 is 2.11 bits per heavy atom. The van der Waals surface area contributed by atoms with Gasteiger partial charge in [-0.1, -0.05) is 0 Å². The number of benzene rings is 2. The molecule has 0 spiro atoms. The van der Waals surface area contributed by atoms with Gasteiger partial charge < -0.3 is 25.4 Å². The number of carbonyl (C=O) groups is 2. The average Bonchev–Trinajstić information content (AvgIpc) is 3.46. The van der Waals surface area contributed by atoms with Crippen molar-refractivity contribution in [3.63, 3.8) is 0 Å². The highest BCUT2D eigenvalue weighted by molar-refractivity contribution is 5.93. The third-order valence-electron chi connectivity index (χ3n) is 6.26. The number of amides is 2. The first kappa shape index (κ1) is 24.0. The zero-order valence-corrected chi connectivity index (χ0v) is 20.5. The summed E-state index contributed by atoms with van der Waals surface area (Å²) in [5.74, 6) is 1.28. The third kappa shape index (κ3) is 6.10. The molecule has 0 aliphatic carbocycles. The summed E-state index contributed by atoms with van der Waals surface area (Å²) in [6, 6.07) is 19.0. The second-order valence-electron chi connectivity index (χ2n) is 8.93. The highest BCUT2D eigenvalue weighted by Crippen LogP contribution is 2.24. The summed E-state index contributed by atoms with van der Waals surface area (Å²) in [5.41, 5.74) is 3.36. The van der Waals surface area contributed by atoms with E-state index in [4.69, 9.17) is 0 Å². The predicted octanol–water partition coefficient (Wildman–Crippen LogP) is 4.22. The standard InChI is InChI=1S/C27H28N8O2/c1-19(36)29-21-2-4-23(5-3-21)31-27(37)20-12-15-34(16-13-20)26-11-10-25(32-33-26)30-22-6-8-24(9-7-22)35-17-14-28-18-35/h2-11,14,17-18,20H,12-13,15-16H2,1H3,(H,29,36)(H,30,32)(H,31,37). The van der Waals surface area contributed by atoms with Crippen molar-refractivity contribution in [3.05, 3.63) is 79.4 Å². The fourth-order valence-electron chi connectivity index (χ4n) is 4.29. The summed E-state index contributed by atoms with van der Waals surface area (Å²) in [6.07, 6.45) is 6.88. The zero-order valence-electron chi connectivity index (χ0n) is 20.5. The maximum absolute atomic E-state index is 12.7. The molecule has 2 aromatic heterocycles. The fourth-order valence-corrected chi connectivity index (χ4v) is 4.29.